The number of hydrogen-bond acceptors (Lipinski definition) is 5. The van der Waals surface area contributed by atoms with Crippen molar-refractivity contribution in [2.45, 2.75) is 37.7 Å². The van der Waals surface area contributed by atoms with Gasteiger partial charge >= 0.3 is 12.4 Å². The zero-order valence-corrected chi connectivity index (χ0v) is 18.2. The molecule has 1 atom stereocenters. The normalized spacial score (nSPS) is 17.6. The summed E-state index contributed by atoms with van der Waals surface area (Å²) < 4.78 is 81.6. The van der Waals surface area contributed by atoms with E-state index in [-0.39, 0.29) is 29.1 Å². The number of alkyl halides is 6. The third-order valence-electron chi connectivity index (χ3n) is 5.91. The number of aromatic nitrogens is 4. The van der Waals surface area contributed by atoms with Crippen LogP contribution in [-0.2, 0) is 12.4 Å². The largest absolute Gasteiger partial charge is 0.416 e. The Morgan fingerprint density at radius 1 is 0.914 bits per heavy atom. The smallest absolute Gasteiger partial charge is 0.350 e. The van der Waals surface area contributed by atoms with Gasteiger partial charge in [-0.15, -0.1) is 5.10 Å². The Morgan fingerprint density at radius 3 is 2.34 bits per heavy atom. The summed E-state index contributed by atoms with van der Waals surface area (Å²) in [6, 6.07) is 8.36. The van der Waals surface area contributed by atoms with E-state index in [0.717, 1.165) is 25.8 Å². The van der Waals surface area contributed by atoms with Crippen molar-refractivity contribution in [1.82, 2.24) is 24.9 Å². The van der Waals surface area contributed by atoms with Gasteiger partial charge in [-0.1, -0.05) is 18.6 Å². The summed E-state index contributed by atoms with van der Waals surface area (Å²) in [5.74, 6) is 0.0518. The number of rotatable bonds is 3. The minimum absolute atomic E-state index is 0.0207. The van der Waals surface area contributed by atoms with E-state index < -0.39 is 23.5 Å². The number of anilines is 1. The molecule has 2 aromatic carbocycles. The van der Waals surface area contributed by atoms with Gasteiger partial charge in [-0.05, 0) is 49.7 Å². The summed E-state index contributed by atoms with van der Waals surface area (Å²) in [5.41, 5.74) is -2.38. The first-order valence-corrected chi connectivity index (χ1v) is 11.0. The third kappa shape index (κ3) is 4.75. The molecule has 1 aliphatic rings. The molecule has 35 heavy (non-hydrogen) atoms. The SMILES string of the molecule is FC(F)(F)c1cc(-c2nc3c4ccccc4nc(N[C@@H]4CCCCNC4)n3n2)cc(C(F)(F)F)c1. The molecule has 12 heteroatoms. The molecule has 2 N–H and O–H groups in total. The van der Waals surface area contributed by atoms with Crippen molar-refractivity contribution in [1.29, 1.82) is 0 Å². The topological polar surface area (TPSA) is 67.1 Å². The Bertz CT molecular complexity index is 1340. The maximum Gasteiger partial charge on any atom is 0.416 e. The van der Waals surface area contributed by atoms with Gasteiger partial charge < -0.3 is 10.6 Å². The molecule has 184 valence electrons. The number of benzene rings is 2. The number of hydrogen-bond donors (Lipinski definition) is 2. The number of nitrogens with zero attached hydrogens (tertiary/aromatic N) is 4. The van der Waals surface area contributed by atoms with Crippen LogP contribution in [0.15, 0.2) is 42.5 Å². The van der Waals surface area contributed by atoms with Crippen LogP contribution in [-0.4, -0.2) is 38.7 Å². The lowest BCUT2D eigenvalue weighted by atomic mass is 10.0. The maximum atomic E-state index is 13.4. The van der Waals surface area contributed by atoms with Crippen molar-refractivity contribution in [3.05, 3.63) is 53.6 Å². The minimum atomic E-state index is -4.97. The molecule has 1 aliphatic heterocycles. The molecule has 0 aliphatic carbocycles. The van der Waals surface area contributed by atoms with Crippen LogP contribution in [0.2, 0.25) is 0 Å². The van der Waals surface area contributed by atoms with E-state index in [9.17, 15) is 26.3 Å². The molecule has 3 heterocycles. The van der Waals surface area contributed by atoms with Gasteiger partial charge in [0.2, 0.25) is 5.95 Å². The molecule has 1 saturated heterocycles. The van der Waals surface area contributed by atoms with Crippen molar-refractivity contribution >= 4 is 22.5 Å². The second-order valence-corrected chi connectivity index (χ2v) is 8.46. The average Bonchev–Trinajstić information content (AvgIpc) is 3.10. The molecule has 0 spiro atoms. The van der Waals surface area contributed by atoms with E-state index >= 15 is 0 Å². The summed E-state index contributed by atoms with van der Waals surface area (Å²) in [5, 5.41) is 11.5. The van der Waals surface area contributed by atoms with Crippen LogP contribution < -0.4 is 10.6 Å². The quantitative estimate of drug-likeness (QED) is 0.367. The van der Waals surface area contributed by atoms with Crippen LogP contribution in [0.5, 0.6) is 0 Å². The minimum Gasteiger partial charge on any atom is -0.350 e. The number of para-hydroxylation sites is 1. The predicted octanol–water partition coefficient (Wildman–Crippen LogP) is 5.54. The lowest BCUT2D eigenvalue weighted by Gasteiger charge is -2.17. The highest BCUT2D eigenvalue weighted by Crippen LogP contribution is 2.38. The molecule has 2 aromatic heterocycles. The average molecular weight is 494 g/mol. The van der Waals surface area contributed by atoms with Crippen molar-refractivity contribution in [2.75, 3.05) is 18.4 Å². The van der Waals surface area contributed by atoms with E-state index in [0.29, 0.717) is 35.5 Å². The van der Waals surface area contributed by atoms with E-state index in [1.165, 1.54) is 4.52 Å². The predicted molar refractivity (Wildman–Crippen MR) is 118 cm³/mol. The van der Waals surface area contributed by atoms with Gasteiger partial charge in [-0.2, -0.15) is 30.9 Å². The molecule has 0 saturated carbocycles. The summed E-state index contributed by atoms with van der Waals surface area (Å²) in [6.07, 6.45) is -7.05. The lowest BCUT2D eigenvalue weighted by Crippen LogP contribution is -2.32. The first-order chi connectivity index (χ1) is 16.6. The summed E-state index contributed by atoms with van der Waals surface area (Å²) in [7, 11) is 0. The van der Waals surface area contributed by atoms with Crippen LogP contribution in [0, 0.1) is 0 Å². The molecule has 1 fully saturated rings. The fourth-order valence-corrected chi connectivity index (χ4v) is 4.18. The van der Waals surface area contributed by atoms with E-state index in [2.05, 4.69) is 25.7 Å². The summed E-state index contributed by atoms with van der Waals surface area (Å²) >= 11 is 0. The highest BCUT2D eigenvalue weighted by atomic mass is 19.4. The van der Waals surface area contributed by atoms with E-state index in [1.807, 2.05) is 0 Å². The highest BCUT2D eigenvalue weighted by Gasteiger charge is 2.37. The maximum absolute atomic E-state index is 13.4. The Morgan fingerprint density at radius 2 is 1.63 bits per heavy atom. The number of nitrogens with one attached hydrogen (secondary N) is 2. The summed E-state index contributed by atoms with van der Waals surface area (Å²) in [6.45, 7) is 1.57. The van der Waals surface area contributed by atoms with Gasteiger partial charge in [-0.25, -0.2) is 9.97 Å². The second kappa shape index (κ2) is 8.67. The van der Waals surface area contributed by atoms with Gasteiger partial charge in [0.15, 0.2) is 11.5 Å². The van der Waals surface area contributed by atoms with Crippen molar-refractivity contribution in [3.8, 4) is 11.4 Å². The van der Waals surface area contributed by atoms with E-state index in [1.54, 1.807) is 24.3 Å². The second-order valence-electron chi connectivity index (χ2n) is 8.46. The molecule has 6 nitrogen and oxygen atoms in total. The van der Waals surface area contributed by atoms with Gasteiger partial charge in [0.25, 0.3) is 0 Å². The van der Waals surface area contributed by atoms with Crippen LogP contribution in [0.3, 0.4) is 0 Å². The van der Waals surface area contributed by atoms with E-state index in [4.69, 9.17) is 0 Å². The fourth-order valence-electron chi connectivity index (χ4n) is 4.18. The number of halogens is 6. The van der Waals surface area contributed by atoms with Crippen molar-refractivity contribution in [2.24, 2.45) is 0 Å². The monoisotopic (exact) mass is 494 g/mol. The Labute approximate surface area is 195 Å². The third-order valence-corrected chi connectivity index (χ3v) is 5.91. The molecule has 0 radical (unpaired) electrons. The molecule has 0 unspecified atom stereocenters. The fraction of sp³-hybridized carbons (Fsp3) is 0.348. The van der Waals surface area contributed by atoms with Crippen LogP contribution in [0.25, 0.3) is 27.9 Å². The Kier molecular flexibility index (Phi) is 5.78. The first kappa shape index (κ1) is 23.3. The molecule has 4 aromatic rings. The van der Waals surface area contributed by atoms with Gasteiger partial charge in [0.1, 0.15) is 0 Å². The van der Waals surface area contributed by atoms with Crippen molar-refractivity contribution in [3.63, 3.8) is 0 Å². The summed E-state index contributed by atoms with van der Waals surface area (Å²) in [4.78, 5) is 8.96. The standard InChI is InChI=1S/C23H20F6N6/c24-22(25,26)14-9-13(10-15(11-14)23(27,28)29)19-33-20-17-6-1-2-7-18(17)32-21(35(20)34-19)31-16-5-3-4-8-30-12-16/h1-2,6-7,9-11,16,30H,3-5,8,12H2,(H,31,32)/t16-/m1/s1. The first-order valence-electron chi connectivity index (χ1n) is 11.0. The zero-order chi connectivity index (χ0) is 24.8. The molecule has 5 rings (SSSR count). The van der Waals surface area contributed by atoms with Crippen LogP contribution in [0.1, 0.15) is 30.4 Å². The zero-order valence-electron chi connectivity index (χ0n) is 18.2. The van der Waals surface area contributed by atoms with Gasteiger partial charge in [0.05, 0.1) is 16.6 Å². The molecular formula is C23H20F6N6. The van der Waals surface area contributed by atoms with Crippen LogP contribution in [0.4, 0.5) is 32.3 Å². The highest BCUT2D eigenvalue weighted by molar-refractivity contribution is 5.92. The van der Waals surface area contributed by atoms with Gasteiger partial charge in [0, 0.05) is 23.5 Å². The number of fused-ring (bicyclic) bond motifs is 3. The molecule has 0 bridgehead atoms. The van der Waals surface area contributed by atoms with Gasteiger partial charge in [-0.3, -0.25) is 0 Å². The lowest BCUT2D eigenvalue weighted by molar-refractivity contribution is -0.143. The van der Waals surface area contributed by atoms with Crippen molar-refractivity contribution < 1.29 is 26.3 Å². The molecule has 0 amide bonds. The van der Waals surface area contributed by atoms with Crippen LogP contribution >= 0.6 is 0 Å². The molecular weight excluding hydrogens is 474 g/mol. The Balaban J connectivity index is 1.68. The Hall–Kier alpha value is -3.41.